The smallest absolute Gasteiger partial charge is 0.359 e. The molecule has 0 saturated carbocycles. The van der Waals surface area contributed by atoms with Crippen molar-refractivity contribution >= 4 is 11.7 Å². The Bertz CT molecular complexity index is 663. The topological polar surface area (TPSA) is 70.1 Å². The Morgan fingerprint density at radius 3 is 2.57 bits per heavy atom. The van der Waals surface area contributed by atoms with E-state index in [1.54, 1.807) is 13.8 Å². The Morgan fingerprint density at radius 1 is 1.38 bits per heavy atom. The van der Waals surface area contributed by atoms with Crippen LogP contribution in [0.3, 0.4) is 0 Å². The van der Waals surface area contributed by atoms with Crippen molar-refractivity contribution in [1.29, 1.82) is 0 Å². The lowest BCUT2D eigenvalue weighted by Crippen LogP contribution is -2.15. The molecule has 2 rings (SSSR count). The number of nitrogen functional groups attached to an aromatic ring is 1. The quantitative estimate of drug-likeness (QED) is 0.879. The summed E-state index contributed by atoms with van der Waals surface area (Å²) in [5, 5.41) is 4.08. The molecule has 0 radical (unpaired) electrons. The molecule has 0 aliphatic heterocycles. The molecule has 0 fully saturated rings. The van der Waals surface area contributed by atoms with E-state index >= 15 is 0 Å². The van der Waals surface area contributed by atoms with Gasteiger partial charge in [-0.15, -0.1) is 0 Å². The van der Waals surface area contributed by atoms with E-state index in [4.69, 9.17) is 10.5 Å². The van der Waals surface area contributed by atoms with Gasteiger partial charge in [-0.25, -0.2) is 13.6 Å². The summed E-state index contributed by atoms with van der Waals surface area (Å²) in [6.07, 6.45) is 0. The van der Waals surface area contributed by atoms with Crippen LogP contribution in [0.5, 0.6) is 0 Å². The number of hydrogen-bond donors (Lipinski definition) is 1. The largest absolute Gasteiger partial charge is 0.456 e. The van der Waals surface area contributed by atoms with E-state index in [1.165, 1.54) is 10.7 Å². The number of ether oxygens (including phenoxy) is 1. The minimum atomic E-state index is -0.768. The van der Waals surface area contributed by atoms with Crippen LogP contribution in [0.4, 0.5) is 14.5 Å². The lowest BCUT2D eigenvalue weighted by Gasteiger charge is -2.08. The van der Waals surface area contributed by atoms with E-state index < -0.39 is 24.2 Å². The summed E-state index contributed by atoms with van der Waals surface area (Å²) < 4.78 is 33.3. The SMILES string of the molecule is CCn1nc(C)c(N)c1C(=O)OCc1c(F)cccc1F. The number of benzene rings is 1. The van der Waals surface area contributed by atoms with Gasteiger partial charge in [-0.05, 0) is 26.0 Å². The average molecular weight is 295 g/mol. The van der Waals surface area contributed by atoms with E-state index in [0.717, 1.165) is 12.1 Å². The molecule has 2 aromatic rings. The summed E-state index contributed by atoms with van der Waals surface area (Å²) in [6.45, 7) is 3.37. The molecule has 0 spiro atoms. The molecule has 0 saturated heterocycles. The van der Waals surface area contributed by atoms with Gasteiger partial charge >= 0.3 is 5.97 Å². The molecule has 0 aliphatic rings. The van der Waals surface area contributed by atoms with Gasteiger partial charge in [0.2, 0.25) is 0 Å². The van der Waals surface area contributed by atoms with Crippen LogP contribution in [0.1, 0.15) is 28.7 Å². The molecule has 7 heteroatoms. The standard InChI is InChI=1S/C14H15F2N3O2/c1-3-19-13(12(17)8(2)18-19)14(20)21-7-9-10(15)5-4-6-11(9)16/h4-6H,3,7,17H2,1-2H3. The van der Waals surface area contributed by atoms with E-state index in [0.29, 0.717) is 12.2 Å². The first-order valence-electron chi connectivity index (χ1n) is 6.38. The molecular weight excluding hydrogens is 280 g/mol. The molecule has 2 N–H and O–H groups in total. The number of carbonyl (C=O) groups excluding carboxylic acids is 1. The third-order valence-corrected chi connectivity index (χ3v) is 3.08. The van der Waals surface area contributed by atoms with Crippen LogP contribution in [-0.4, -0.2) is 15.7 Å². The second-order valence-corrected chi connectivity index (χ2v) is 4.44. The summed E-state index contributed by atoms with van der Waals surface area (Å²) in [6, 6.07) is 3.44. The van der Waals surface area contributed by atoms with Crippen LogP contribution in [0.2, 0.25) is 0 Å². The van der Waals surface area contributed by atoms with Gasteiger partial charge in [0.1, 0.15) is 18.2 Å². The molecule has 0 bridgehead atoms. The molecule has 112 valence electrons. The molecule has 1 heterocycles. The van der Waals surface area contributed by atoms with Gasteiger partial charge in [-0.3, -0.25) is 4.68 Å². The van der Waals surface area contributed by atoms with Crippen molar-refractivity contribution in [3.8, 4) is 0 Å². The molecular formula is C14H15F2N3O2. The van der Waals surface area contributed by atoms with Crippen LogP contribution in [0.25, 0.3) is 0 Å². The predicted octanol–water partition coefficient (Wildman–Crippen LogP) is 2.43. The normalized spacial score (nSPS) is 10.7. The van der Waals surface area contributed by atoms with Crippen LogP contribution in [0, 0.1) is 18.6 Å². The number of aryl methyl sites for hydroxylation is 2. The first-order chi connectivity index (χ1) is 9.95. The first-order valence-corrected chi connectivity index (χ1v) is 6.38. The van der Waals surface area contributed by atoms with Gasteiger partial charge in [0.05, 0.1) is 16.9 Å². The highest BCUT2D eigenvalue weighted by molar-refractivity contribution is 5.93. The highest BCUT2D eigenvalue weighted by atomic mass is 19.1. The Kier molecular flexibility index (Phi) is 4.21. The average Bonchev–Trinajstić information content (AvgIpc) is 2.73. The molecule has 0 amide bonds. The number of esters is 1. The van der Waals surface area contributed by atoms with E-state index in [2.05, 4.69) is 5.10 Å². The van der Waals surface area contributed by atoms with Gasteiger partial charge < -0.3 is 10.5 Å². The fourth-order valence-electron chi connectivity index (χ4n) is 1.92. The lowest BCUT2D eigenvalue weighted by atomic mass is 10.2. The van der Waals surface area contributed by atoms with Gasteiger partial charge in [0.15, 0.2) is 5.69 Å². The molecule has 0 unspecified atom stereocenters. The zero-order valence-electron chi connectivity index (χ0n) is 11.7. The number of halogens is 2. The van der Waals surface area contributed by atoms with Crippen LogP contribution in [0.15, 0.2) is 18.2 Å². The number of rotatable bonds is 4. The zero-order chi connectivity index (χ0) is 15.6. The van der Waals surface area contributed by atoms with Gasteiger partial charge in [-0.1, -0.05) is 6.07 Å². The second kappa shape index (κ2) is 5.90. The number of nitrogens with zero attached hydrogens (tertiary/aromatic N) is 2. The van der Waals surface area contributed by atoms with Gasteiger partial charge in [0.25, 0.3) is 0 Å². The lowest BCUT2D eigenvalue weighted by molar-refractivity contribution is 0.0452. The summed E-state index contributed by atoms with van der Waals surface area (Å²) in [4.78, 5) is 12.0. The number of nitrogens with two attached hydrogens (primary N) is 1. The zero-order valence-corrected chi connectivity index (χ0v) is 11.7. The predicted molar refractivity (Wildman–Crippen MR) is 72.5 cm³/mol. The maximum atomic E-state index is 13.5. The Hall–Kier alpha value is -2.44. The minimum absolute atomic E-state index is 0.0896. The number of anilines is 1. The molecule has 21 heavy (non-hydrogen) atoms. The van der Waals surface area contributed by atoms with Crippen molar-refractivity contribution < 1.29 is 18.3 Å². The number of hydrogen-bond acceptors (Lipinski definition) is 4. The van der Waals surface area contributed by atoms with Gasteiger partial charge in [-0.2, -0.15) is 5.10 Å². The summed E-state index contributed by atoms with van der Waals surface area (Å²) >= 11 is 0. The maximum Gasteiger partial charge on any atom is 0.359 e. The van der Waals surface area contributed by atoms with Crippen molar-refractivity contribution in [2.24, 2.45) is 0 Å². The third kappa shape index (κ3) is 2.86. The van der Waals surface area contributed by atoms with Crippen molar-refractivity contribution in [2.75, 3.05) is 5.73 Å². The Morgan fingerprint density at radius 2 is 2.00 bits per heavy atom. The van der Waals surface area contributed by atoms with Crippen molar-refractivity contribution in [2.45, 2.75) is 27.0 Å². The molecule has 0 aliphatic carbocycles. The fraction of sp³-hybridized carbons (Fsp3) is 0.286. The van der Waals surface area contributed by atoms with Crippen molar-refractivity contribution in [1.82, 2.24) is 9.78 Å². The summed E-state index contributed by atoms with van der Waals surface area (Å²) in [5.41, 5.74) is 6.27. The van der Waals surface area contributed by atoms with Crippen LogP contribution >= 0.6 is 0 Å². The highest BCUT2D eigenvalue weighted by Crippen LogP contribution is 2.19. The molecule has 0 atom stereocenters. The summed E-state index contributed by atoms with van der Waals surface area (Å²) in [5.74, 6) is -2.30. The minimum Gasteiger partial charge on any atom is -0.456 e. The monoisotopic (exact) mass is 295 g/mol. The molecule has 5 nitrogen and oxygen atoms in total. The van der Waals surface area contributed by atoms with Crippen molar-refractivity contribution in [3.63, 3.8) is 0 Å². The van der Waals surface area contributed by atoms with Crippen LogP contribution in [-0.2, 0) is 17.9 Å². The maximum absolute atomic E-state index is 13.5. The van der Waals surface area contributed by atoms with E-state index in [1.807, 2.05) is 0 Å². The first kappa shape index (κ1) is 15.0. The van der Waals surface area contributed by atoms with Gasteiger partial charge in [0, 0.05) is 6.54 Å². The van der Waals surface area contributed by atoms with E-state index in [-0.39, 0.29) is 16.9 Å². The molecule has 1 aromatic carbocycles. The number of aromatic nitrogens is 2. The Labute approximate surface area is 120 Å². The van der Waals surface area contributed by atoms with Crippen LogP contribution < -0.4 is 5.73 Å². The second-order valence-electron chi connectivity index (χ2n) is 4.44. The highest BCUT2D eigenvalue weighted by Gasteiger charge is 2.21. The molecule has 1 aromatic heterocycles. The summed E-state index contributed by atoms with van der Waals surface area (Å²) in [7, 11) is 0. The van der Waals surface area contributed by atoms with Crippen molar-refractivity contribution in [3.05, 3.63) is 46.8 Å². The fourth-order valence-corrected chi connectivity index (χ4v) is 1.92. The number of carbonyl (C=O) groups is 1. The Balaban J connectivity index is 2.20. The van der Waals surface area contributed by atoms with E-state index in [9.17, 15) is 13.6 Å². The third-order valence-electron chi connectivity index (χ3n) is 3.08.